The van der Waals surface area contributed by atoms with Crippen LogP contribution in [0.4, 0.5) is 15.8 Å². The van der Waals surface area contributed by atoms with Gasteiger partial charge in [-0.25, -0.2) is 4.39 Å². The molecule has 0 bridgehead atoms. The fourth-order valence-electron chi connectivity index (χ4n) is 4.61. The number of hydrogen-bond donors (Lipinski definition) is 2. The summed E-state index contributed by atoms with van der Waals surface area (Å²) in [6, 6.07) is 21.7. The van der Waals surface area contributed by atoms with Crippen molar-refractivity contribution in [3.8, 4) is 5.69 Å². The van der Waals surface area contributed by atoms with E-state index in [0.717, 1.165) is 34.0 Å². The summed E-state index contributed by atoms with van der Waals surface area (Å²) in [6.45, 7) is 3.78. The van der Waals surface area contributed by atoms with Gasteiger partial charge in [-0.15, -0.1) is 0 Å². The number of aryl methyl sites for hydroxylation is 1. The molecule has 1 fully saturated rings. The molecule has 0 radical (unpaired) electrons. The van der Waals surface area contributed by atoms with Crippen molar-refractivity contribution in [3.63, 3.8) is 0 Å². The van der Waals surface area contributed by atoms with Gasteiger partial charge in [0.25, 0.3) is 0 Å². The van der Waals surface area contributed by atoms with Crippen LogP contribution >= 0.6 is 12.2 Å². The molecule has 1 saturated heterocycles. The second-order valence-electron chi connectivity index (χ2n) is 8.68. The lowest BCUT2D eigenvalue weighted by Gasteiger charge is -2.29. The molecule has 0 spiro atoms. The molecule has 2 N–H and O–H groups in total. The zero-order chi connectivity index (χ0) is 25.2. The summed E-state index contributed by atoms with van der Waals surface area (Å²) in [7, 11) is 0. The second kappa shape index (κ2) is 9.91. The van der Waals surface area contributed by atoms with E-state index in [2.05, 4.69) is 20.5 Å². The van der Waals surface area contributed by atoms with E-state index in [4.69, 9.17) is 12.2 Å². The fourth-order valence-corrected chi connectivity index (χ4v) is 4.95. The largest absolute Gasteiger partial charge is 0.351 e. The number of benzene rings is 2. The number of anilines is 2. The fraction of sp³-hybridized carbons (Fsp3) is 0.179. The highest BCUT2D eigenvalue weighted by Crippen LogP contribution is 2.42. The maximum Gasteiger partial charge on any atom is 0.224 e. The number of nitrogens with zero attached hydrogens (tertiary/aromatic N) is 3. The summed E-state index contributed by atoms with van der Waals surface area (Å²) in [5, 5.41) is 6.97. The molecule has 6 nitrogen and oxygen atoms in total. The zero-order valence-corrected chi connectivity index (χ0v) is 20.8. The number of carbonyl (C=O) groups is 1. The van der Waals surface area contributed by atoms with Crippen LogP contribution in [-0.4, -0.2) is 20.6 Å². The molecule has 0 saturated carbocycles. The van der Waals surface area contributed by atoms with Gasteiger partial charge in [0.2, 0.25) is 5.91 Å². The Morgan fingerprint density at radius 3 is 2.67 bits per heavy atom. The molecule has 182 valence electrons. The summed E-state index contributed by atoms with van der Waals surface area (Å²) in [4.78, 5) is 18.6. The van der Waals surface area contributed by atoms with E-state index in [-0.39, 0.29) is 23.8 Å². The third-order valence-electron chi connectivity index (χ3n) is 6.35. The zero-order valence-electron chi connectivity index (χ0n) is 20.0. The molecule has 0 unspecified atom stereocenters. The predicted octanol–water partition coefficient (Wildman–Crippen LogP) is 5.85. The van der Waals surface area contributed by atoms with Crippen molar-refractivity contribution in [2.75, 3.05) is 10.2 Å². The van der Waals surface area contributed by atoms with Crippen LogP contribution in [0.3, 0.4) is 0 Å². The van der Waals surface area contributed by atoms with Crippen molar-refractivity contribution < 1.29 is 9.18 Å². The monoisotopic (exact) mass is 499 g/mol. The molecule has 36 heavy (non-hydrogen) atoms. The topological polar surface area (TPSA) is 62.2 Å². The number of nitrogens with one attached hydrogen (secondary N) is 2. The van der Waals surface area contributed by atoms with Crippen LogP contribution in [-0.2, 0) is 4.79 Å². The molecule has 1 amide bonds. The van der Waals surface area contributed by atoms with Crippen molar-refractivity contribution in [3.05, 3.63) is 108 Å². The van der Waals surface area contributed by atoms with Gasteiger partial charge in [-0.1, -0.05) is 19.1 Å². The van der Waals surface area contributed by atoms with Crippen molar-refractivity contribution in [2.24, 2.45) is 0 Å². The average Bonchev–Trinajstić information content (AvgIpc) is 3.50. The van der Waals surface area contributed by atoms with Gasteiger partial charge in [0.15, 0.2) is 5.11 Å². The van der Waals surface area contributed by atoms with Gasteiger partial charge >= 0.3 is 0 Å². The van der Waals surface area contributed by atoms with E-state index < -0.39 is 0 Å². The van der Waals surface area contributed by atoms with Gasteiger partial charge < -0.3 is 20.1 Å². The van der Waals surface area contributed by atoms with Gasteiger partial charge in [-0.2, -0.15) is 0 Å². The van der Waals surface area contributed by atoms with Crippen LogP contribution in [0, 0.1) is 12.7 Å². The Morgan fingerprint density at radius 2 is 1.94 bits per heavy atom. The standard InChI is InChI=1S/C28H26FN5OS/c1-3-25(35)31-22-13-12-21(16-18(22)2)34-27(26(32-28(34)36)23-10-4-5-14-30-23)24-11-7-15-33(24)20-9-6-8-19(29)17-20/h4-17,26-27H,3H2,1-2H3,(H,31,35)(H,32,36)/t26-,27-/m1/s1. The molecule has 5 rings (SSSR count). The van der Waals surface area contributed by atoms with Gasteiger partial charge in [-0.3, -0.25) is 9.78 Å². The first-order valence-corrected chi connectivity index (χ1v) is 12.2. The van der Waals surface area contributed by atoms with Crippen molar-refractivity contribution >= 4 is 34.6 Å². The van der Waals surface area contributed by atoms with Crippen LogP contribution in [0.1, 0.15) is 42.4 Å². The third-order valence-corrected chi connectivity index (χ3v) is 6.67. The van der Waals surface area contributed by atoms with E-state index in [0.29, 0.717) is 11.5 Å². The van der Waals surface area contributed by atoms with Crippen LogP contribution < -0.4 is 15.5 Å². The molecule has 2 aromatic heterocycles. The Bertz CT molecular complexity index is 1420. The number of thiocarbonyl (C=S) groups is 1. The maximum absolute atomic E-state index is 14.1. The van der Waals surface area contributed by atoms with Crippen LogP contribution in [0.2, 0.25) is 0 Å². The molecule has 2 atom stereocenters. The number of halogens is 1. The minimum absolute atomic E-state index is 0.0368. The first-order valence-electron chi connectivity index (χ1n) is 11.8. The highest BCUT2D eigenvalue weighted by atomic mass is 32.1. The smallest absolute Gasteiger partial charge is 0.224 e. The molecule has 3 heterocycles. The highest BCUT2D eigenvalue weighted by Gasteiger charge is 2.42. The van der Waals surface area contributed by atoms with Gasteiger partial charge in [-0.05, 0) is 85.4 Å². The Balaban J connectivity index is 1.62. The number of hydrogen-bond acceptors (Lipinski definition) is 3. The Morgan fingerprint density at radius 1 is 1.08 bits per heavy atom. The number of amides is 1. The Labute approximate surface area is 214 Å². The van der Waals surface area contributed by atoms with E-state index in [1.165, 1.54) is 12.1 Å². The summed E-state index contributed by atoms with van der Waals surface area (Å²) >= 11 is 5.84. The number of pyridine rings is 1. The molecular weight excluding hydrogens is 473 g/mol. The third kappa shape index (κ3) is 4.47. The lowest BCUT2D eigenvalue weighted by molar-refractivity contribution is -0.115. The molecule has 8 heteroatoms. The van der Waals surface area contributed by atoms with Crippen LogP contribution in [0.5, 0.6) is 0 Å². The summed E-state index contributed by atoms with van der Waals surface area (Å²) < 4.78 is 16.1. The summed E-state index contributed by atoms with van der Waals surface area (Å²) in [5.74, 6) is -0.337. The van der Waals surface area contributed by atoms with E-state index >= 15 is 0 Å². The quantitative estimate of drug-likeness (QED) is 0.326. The Hall–Kier alpha value is -4.04. The highest BCUT2D eigenvalue weighted by molar-refractivity contribution is 7.80. The van der Waals surface area contributed by atoms with Gasteiger partial charge in [0.1, 0.15) is 11.9 Å². The van der Waals surface area contributed by atoms with Crippen LogP contribution in [0.15, 0.2) is 85.2 Å². The molecule has 2 aromatic carbocycles. The molecular formula is C28H26FN5OS. The van der Waals surface area contributed by atoms with Crippen molar-refractivity contribution in [1.82, 2.24) is 14.9 Å². The molecule has 1 aliphatic heterocycles. The molecule has 1 aliphatic rings. The van der Waals surface area contributed by atoms with Crippen LogP contribution in [0.25, 0.3) is 5.69 Å². The minimum atomic E-state index is -0.300. The summed E-state index contributed by atoms with van der Waals surface area (Å²) in [6.07, 6.45) is 4.10. The Kier molecular flexibility index (Phi) is 6.52. The first kappa shape index (κ1) is 23.7. The predicted molar refractivity (Wildman–Crippen MR) is 144 cm³/mol. The lowest BCUT2D eigenvalue weighted by Crippen LogP contribution is -2.30. The van der Waals surface area contributed by atoms with E-state index in [1.54, 1.807) is 12.3 Å². The SMILES string of the molecule is CCC(=O)Nc1ccc(N2C(=S)N[C@H](c3ccccn3)[C@H]2c2cccn2-c2cccc(F)c2)cc1C. The summed E-state index contributed by atoms with van der Waals surface area (Å²) in [5.41, 5.74) is 5.09. The number of carbonyl (C=O) groups excluding carboxylic acids is 1. The van der Waals surface area contributed by atoms with Crippen molar-refractivity contribution in [1.29, 1.82) is 0 Å². The lowest BCUT2D eigenvalue weighted by atomic mass is 10.00. The minimum Gasteiger partial charge on any atom is -0.351 e. The number of aromatic nitrogens is 2. The average molecular weight is 500 g/mol. The van der Waals surface area contributed by atoms with Crippen molar-refractivity contribution in [2.45, 2.75) is 32.4 Å². The normalized spacial score (nSPS) is 17.2. The molecule has 4 aromatic rings. The van der Waals surface area contributed by atoms with Gasteiger partial charge in [0.05, 0.1) is 11.7 Å². The first-order chi connectivity index (χ1) is 17.5. The molecule has 0 aliphatic carbocycles. The van der Waals surface area contributed by atoms with E-state index in [1.807, 2.05) is 79.2 Å². The maximum atomic E-state index is 14.1. The second-order valence-corrected chi connectivity index (χ2v) is 9.07. The van der Waals surface area contributed by atoms with E-state index in [9.17, 15) is 9.18 Å². The number of rotatable bonds is 6. The van der Waals surface area contributed by atoms with Gasteiger partial charge in [0, 0.05) is 41.6 Å².